The first kappa shape index (κ1) is 35.7. The van der Waals surface area contributed by atoms with Crippen LogP contribution in [-0.4, -0.2) is 8.07 Å². The van der Waals surface area contributed by atoms with Crippen molar-refractivity contribution in [2.45, 2.75) is 89.1 Å². The largest absolute Gasteiger partial charge is 4.00 e. The first-order chi connectivity index (χ1) is 14.3. The zero-order valence-corrected chi connectivity index (χ0v) is 27.7. The fourth-order valence-electron chi connectivity index (χ4n) is 7.19. The van der Waals surface area contributed by atoms with E-state index in [0.717, 1.165) is 22.9 Å². The minimum absolute atomic E-state index is 0. The maximum absolute atomic E-state index is 2.51. The van der Waals surface area contributed by atoms with Gasteiger partial charge in [-0.25, -0.2) is 0 Å². The molecule has 0 aliphatic heterocycles. The third-order valence-corrected chi connectivity index (χ3v) is 14.5. The molecule has 188 valence electrons. The summed E-state index contributed by atoms with van der Waals surface area (Å²) in [6.07, 6.45) is 14.4. The molecule has 2 heteroatoms. The number of rotatable bonds is 8. The van der Waals surface area contributed by atoms with E-state index in [4.69, 9.17) is 0 Å². The third kappa shape index (κ3) is 7.28. The number of benzene rings is 2. The molecule has 2 aliphatic carbocycles. The van der Waals surface area contributed by atoms with Crippen molar-refractivity contribution < 1.29 is 25.8 Å². The van der Waals surface area contributed by atoms with Gasteiger partial charge >= 0.3 is 25.8 Å². The zero-order chi connectivity index (χ0) is 20.1. The molecule has 2 aromatic rings. The molecular formula is C32H52HfSi. The van der Waals surface area contributed by atoms with Crippen molar-refractivity contribution in [1.29, 1.82) is 0 Å². The summed E-state index contributed by atoms with van der Waals surface area (Å²) in [6.45, 7) is 4.75. The molecule has 0 aromatic heterocycles. The van der Waals surface area contributed by atoms with Gasteiger partial charge in [0.1, 0.15) is 8.07 Å². The summed E-state index contributed by atoms with van der Waals surface area (Å²) in [5.74, 6) is 1.94. The van der Waals surface area contributed by atoms with Crippen molar-refractivity contribution >= 4 is 18.4 Å². The Labute approximate surface area is 234 Å². The fraction of sp³-hybridized carbons (Fsp3) is 0.500. The van der Waals surface area contributed by atoms with Crippen LogP contribution in [0.3, 0.4) is 0 Å². The van der Waals surface area contributed by atoms with Crippen LogP contribution in [0.1, 0.15) is 78.1 Å². The molecule has 2 aromatic carbocycles. The van der Waals surface area contributed by atoms with Gasteiger partial charge in [0, 0.05) is 0 Å². The van der Waals surface area contributed by atoms with Crippen LogP contribution in [0.25, 0.3) is 0 Å². The van der Waals surface area contributed by atoms with Gasteiger partial charge < -0.3 is 29.7 Å². The molecule has 0 N–H and O–H groups in total. The second-order valence-corrected chi connectivity index (χ2v) is 14.5. The van der Waals surface area contributed by atoms with Crippen molar-refractivity contribution in [2.24, 2.45) is 11.8 Å². The summed E-state index contributed by atoms with van der Waals surface area (Å²) in [5, 5.41) is 3.46. The second-order valence-electron chi connectivity index (χ2n) is 9.93. The summed E-state index contributed by atoms with van der Waals surface area (Å²) in [5.41, 5.74) is 1.85. The van der Waals surface area contributed by atoms with Gasteiger partial charge in [-0.3, -0.25) is 0 Å². The minimum atomic E-state index is -1.82. The van der Waals surface area contributed by atoms with Crippen molar-refractivity contribution in [3.05, 3.63) is 90.4 Å². The molecule has 0 radical (unpaired) electrons. The Hall–Kier alpha value is -0.473. The molecule has 2 aliphatic rings. The van der Waals surface area contributed by atoms with Crippen LogP contribution in [0, 0.1) is 41.5 Å². The molecule has 34 heavy (non-hydrogen) atoms. The number of hydrogen-bond donors (Lipinski definition) is 0. The van der Waals surface area contributed by atoms with Crippen LogP contribution in [0.2, 0.25) is 11.1 Å². The average Bonchev–Trinajstić information content (AvgIpc) is 3.42. The van der Waals surface area contributed by atoms with E-state index in [2.05, 4.69) is 74.5 Å². The number of hydrogen-bond acceptors (Lipinski definition) is 0. The van der Waals surface area contributed by atoms with Crippen LogP contribution < -0.4 is 10.4 Å². The Morgan fingerprint density at radius 3 is 1.26 bits per heavy atom. The molecular weight excluding hydrogens is 591 g/mol. The van der Waals surface area contributed by atoms with Gasteiger partial charge in [0.2, 0.25) is 0 Å². The molecule has 0 spiro atoms. The first-order valence-corrected chi connectivity index (χ1v) is 14.6. The maximum atomic E-state index is 2.51. The van der Waals surface area contributed by atoms with Crippen molar-refractivity contribution in [1.82, 2.24) is 0 Å². The Bertz CT molecular complexity index is 679. The Balaban J connectivity index is 0. The molecule has 2 fully saturated rings. The summed E-state index contributed by atoms with van der Waals surface area (Å²) in [6, 6.07) is 23.8. The topological polar surface area (TPSA) is 0 Å². The Morgan fingerprint density at radius 2 is 0.941 bits per heavy atom. The molecule has 4 atom stereocenters. The van der Waals surface area contributed by atoms with E-state index in [1.165, 1.54) is 64.2 Å². The average molecular weight is 643 g/mol. The standard InChI is InChI=1S/C28H40Si.4CH3.Hf/c1-3-11-23-17-19-27(21-23)29(25-13-7-5-8-14-25,26-15-9-6-10-16-26)28-20-18-24(22-28)12-4-2;;;;;/h5-10,13-16,23-24,27-28H,3-4,11-12,17-22H2,1-2H3;4*1H3;/q;4*-1;+4. The van der Waals surface area contributed by atoms with Gasteiger partial charge in [-0.2, -0.15) is 0 Å². The first-order valence-electron chi connectivity index (χ1n) is 12.4. The summed E-state index contributed by atoms with van der Waals surface area (Å²) in [4.78, 5) is 0. The molecule has 4 rings (SSSR count). The normalized spacial score (nSPS) is 23.4. The minimum Gasteiger partial charge on any atom is -0.358 e. The van der Waals surface area contributed by atoms with Crippen molar-refractivity contribution in [3.63, 3.8) is 0 Å². The monoisotopic (exact) mass is 644 g/mol. The van der Waals surface area contributed by atoms with Gasteiger partial charge in [0.05, 0.1) is 0 Å². The molecule has 0 saturated heterocycles. The van der Waals surface area contributed by atoms with Gasteiger partial charge in [-0.05, 0) is 35.8 Å². The van der Waals surface area contributed by atoms with E-state index in [9.17, 15) is 0 Å². The Kier molecular flexibility index (Phi) is 17.9. The van der Waals surface area contributed by atoms with Gasteiger partial charge in [0.15, 0.2) is 0 Å². The molecule has 0 nitrogen and oxygen atoms in total. The van der Waals surface area contributed by atoms with Crippen LogP contribution in [0.5, 0.6) is 0 Å². The SMILES string of the molecule is CCCC1CCC([Si](c2ccccc2)(c2ccccc2)C2CCC(CCC)C2)C1.[CH3-].[CH3-].[CH3-].[CH3-].[Hf+4]. The van der Waals surface area contributed by atoms with Gasteiger partial charge in [0.25, 0.3) is 0 Å². The van der Waals surface area contributed by atoms with E-state index in [1.54, 1.807) is 10.4 Å². The molecule has 0 amide bonds. The molecule has 2 saturated carbocycles. The zero-order valence-electron chi connectivity index (χ0n) is 23.2. The van der Waals surface area contributed by atoms with Gasteiger partial charge in [-0.15, -0.1) is 0 Å². The second kappa shape index (κ2) is 17.1. The van der Waals surface area contributed by atoms with Crippen molar-refractivity contribution in [2.75, 3.05) is 0 Å². The summed E-state index contributed by atoms with van der Waals surface area (Å²) in [7, 11) is -1.82. The van der Waals surface area contributed by atoms with E-state index in [-0.39, 0.29) is 55.5 Å². The smallest absolute Gasteiger partial charge is 0.358 e. The van der Waals surface area contributed by atoms with E-state index in [0.29, 0.717) is 0 Å². The summed E-state index contributed by atoms with van der Waals surface area (Å²) < 4.78 is 0. The van der Waals surface area contributed by atoms with E-state index >= 15 is 0 Å². The van der Waals surface area contributed by atoms with Gasteiger partial charge in [-0.1, -0.05) is 136 Å². The molecule has 0 bridgehead atoms. The van der Waals surface area contributed by atoms with Crippen LogP contribution in [-0.2, 0) is 25.8 Å². The molecule has 4 unspecified atom stereocenters. The Morgan fingerprint density at radius 1 is 0.588 bits per heavy atom. The maximum Gasteiger partial charge on any atom is 4.00 e. The van der Waals surface area contributed by atoms with Crippen molar-refractivity contribution in [3.8, 4) is 0 Å². The predicted octanol–water partition coefficient (Wildman–Crippen LogP) is 8.99. The van der Waals surface area contributed by atoms with E-state index in [1.807, 2.05) is 0 Å². The predicted molar refractivity (Wildman–Crippen MR) is 156 cm³/mol. The summed E-state index contributed by atoms with van der Waals surface area (Å²) >= 11 is 0. The fourth-order valence-corrected chi connectivity index (χ4v) is 14.2. The quantitative estimate of drug-likeness (QED) is 0.199. The van der Waals surface area contributed by atoms with Crippen LogP contribution >= 0.6 is 0 Å². The third-order valence-electron chi connectivity index (χ3n) is 8.27. The van der Waals surface area contributed by atoms with Crippen LogP contribution in [0.4, 0.5) is 0 Å². The van der Waals surface area contributed by atoms with Crippen LogP contribution in [0.15, 0.2) is 60.7 Å². The molecule has 0 heterocycles. The van der Waals surface area contributed by atoms with E-state index < -0.39 is 8.07 Å².